The first kappa shape index (κ1) is 15.0. The number of nitrogens with zero attached hydrogens (tertiary/aromatic N) is 1. The zero-order valence-corrected chi connectivity index (χ0v) is 12.4. The highest BCUT2D eigenvalue weighted by Gasteiger charge is 2.17. The number of carboxylic acid groups (broad SMARTS) is 1. The van der Waals surface area contributed by atoms with Crippen LogP contribution < -0.4 is 5.32 Å². The van der Waals surface area contributed by atoms with Gasteiger partial charge in [-0.05, 0) is 27.7 Å². The van der Waals surface area contributed by atoms with Crippen molar-refractivity contribution in [1.29, 1.82) is 0 Å². The lowest BCUT2D eigenvalue weighted by molar-refractivity contribution is -0.119. The average Bonchev–Trinajstić information content (AvgIpc) is 2.54. The Hall–Kier alpha value is -1.08. The molecule has 0 unspecified atom stereocenters. The zero-order valence-electron chi connectivity index (χ0n) is 10.7. The van der Waals surface area contributed by atoms with Crippen molar-refractivity contribution < 1.29 is 14.7 Å². The maximum atomic E-state index is 11.6. The van der Waals surface area contributed by atoms with Gasteiger partial charge in [0.15, 0.2) is 4.34 Å². The summed E-state index contributed by atoms with van der Waals surface area (Å²) in [6, 6.07) is 0. The van der Waals surface area contributed by atoms with Gasteiger partial charge < -0.3 is 10.4 Å². The summed E-state index contributed by atoms with van der Waals surface area (Å²) in [5.74, 6) is -0.822. The molecule has 0 aromatic carbocycles. The number of nitrogens with one attached hydrogen (secondary N) is 1. The van der Waals surface area contributed by atoms with E-state index in [-0.39, 0.29) is 22.1 Å². The van der Waals surface area contributed by atoms with Crippen molar-refractivity contribution in [2.45, 2.75) is 37.6 Å². The topological polar surface area (TPSA) is 79.3 Å². The lowest BCUT2D eigenvalue weighted by Crippen LogP contribution is -2.41. The molecular weight excluding hydrogens is 272 g/mol. The van der Waals surface area contributed by atoms with Crippen LogP contribution >= 0.6 is 23.1 Å². The van der Waals surface area contributed by atoms with Gasteiger partial charge in [0.05, 0.1) is 11.4 Å². The van der Waals surface area contributed by atoms with Crippen LogP contribution in [-0.4, -0.2) is 33.3 Å². The molecule has 0 atom stereocenters. The van der Waals surface area contributed by atoms with E-state index < -0.39 is 5.97 Å². The maximum Gasteiger partial charge on any atom is 0.347 e. The van der Waals surface area contributed by atoms with Gasteiger partial charge in [-0.3, -0.25) is 4.79 Å². The summed E-state index contributed by atoms with van der Waals surface area (Å²) in [6.07, 6.45) is 0. The van der Waals surface area contributed by atoms with E-state index in [1.807, 2.05) is 20.8 Å². The minimum atomic E-state index is -0.976. The van der Waals surface area contributed by atoms with E-state index in [4.69, 9.17) is 5.11 Å². The molecule has 0 aliphatic rings. The quantitative estimate of drug-likeness (QED) is 0.830. The molecule has 0 fully saturated rings. The number of hydrogen-bond acceptors (Lipinski definition) is 5. The van der Waals surface area contributed by atoms with Gasteiger partial charge in [-0.1, -0.05) is 11.8 Å². The average molecular weight is 288 g/mol. The maximum absolute atomic E-state index is 11.6. The van der Waals surface area contributed by atoms with Crippen molar-refractivity contribution >= 4 is 35.0 Å². The Bertz CT molecular complexity index is 463. The molecule has 0 bridgehead atoms. The standard InChI is InChI=1S/C11H16N2O3S2/c1-6-8(9(15)16)18-10(12-6)17-5-7(14)13-11(2,3)4/h5H2,1-4H3,(H,13,14)(H,15,16). The monoisotopic (exact) mass is 288 g/mol. The molecule has 0 saturated carbocycles. The van der Waals surface area contributed by atoms with Crippen LogP contribution in [0.25, 0.3) is 0 Å². The van der Waals surface area contributed by atoms with Crippen LogP contribution in [0.4, 0.5) is 0 Å². The lowest BCUT2D eigenvalue weighted by Gasteiger charge is -2.19. The minimum Gasteiger partial charge on any atom is -0.477 e. The molecule has 0 aliphatic heterocycles. The number of amides is 1. The molecule has 2 N–H and O–H groups in total. The molecule has 1 aromatic rings. The Morgan fingerprint density at radius 2 is 2.06 bits per heavy atom. The number of carboxylic acids is 1. The number of thiazole rings is 1. The van der Waals surface area contributed by atoms with Crippen molar-refractivity contribution in [3.8, 4) is 0 Å². The van der Waals surface area contributed by atoms with Crippen molar-refractivity contribution in [3.63, 3.8) is 0 Å². The summed E-state index contributed by atoms with van der Waals surface area (Å²) in [4.78, 5) is 26.8. The molecule has 1 rings (SSSR count). The zero-order chi connectivity index (χ0) is 13.9. The van der Waals surface area contributed by atoms with Crippen LogP contribution in [-0.2, 0) is 4.79 Å². The summed E-state index contributed by atoms with van der Waals surface area (Å²) < 4.78 is 0.606. The number of thioether (sulfide) groups is 1. The summed E-state index contributed by atoms with van der Waals surface area (Å²) in [5.41, 5.74) is 0.231. The molecule has 0 spiro atoms. The molecule has 0 radical (unpaired) electrons. The van der Waals surface area contributed by atoms with E-state index in [0.717, 1.165) is 11.3 Å². The molecular formula is C11H16N2O3S2. The molecule has 0 saturated heterocycles. The summed E-state index contributed by atoms with van der Waals surface area (Å²) >= 11 is 2.35. The van der Waals surface area contributed by atoms with Crippen LogP contribution in [0.15, 0.2) is 4.34 Å². The fraction of sp³-hybridized carbons (Fsp3) is 0.545. The summed E-state index contributed by atoms with van der Waals surface area (Å²) in [7, 11) is 0. The Balaban J connectivity index is 2.57. The van der Waals surface area contributed by atoms with Crippen LogP contribution in [0, 0.1) is 6.92 Å². The van der Waals surface area contributed by atoms with Gasteiger partial charge in [0.25, 0.3) is 0 Å². The Kier molecular flexibility index (Phi) is 4.75. The van der Waals surface area contributed by atoms with Gasteiger partial charge in [-0.25, -0.2) is 9.78 Å². The SMILES string of the molecule is Cc1nc(SCC(=O)NC(C)(C)C)sc1C(=O)O. The summed E-state index contributed by atoms with van der Waals surface area (Å²) in [6.45, 7) is 7.38. The first-order valence-electron chi connectivity index (χ1n) is 5.33. The van der Waals surface area contributed by atoms with Gasteiger partial charge in [0.1, 0.15) is 4.88 Å². The van der Waals surface area contributed by atoms with Gasteiger partial charge in [-0.15, -0.1) is 11.3 Å². The van der Waals surface area contributed by atoms with Gasteiger partial charge in [0, 0.05) is 5.54 Å². The molecule has 5 nitrogen and oxygen atoms in total. The van der Waals surface area contributed by atoms with E-state index in [2.05, 4.69) is 10.3 Å². The third-order valence-electron chi connectivity index (χ3n) is 1.81. The Labute approximate surface area is 114 Å². The molecule has 100 valence electrons. The van der Waals surface area contributed by atoms with Gasteiger partial charge in [-0.2, -0.15) is 0 Å². The van der Waals surface area contributed by atoms with Gasteiger partial charge in [0.2, 0.25) is 5.91 Å². The van der Waals surface area contributed by atoms with Crippen LogP contribution in [0.5, 0.6) is 0 Å². The Morgan fingerprint density at radius 3 is 2.50 bits per heavy atom. The largest absolute Gasteiger partial charge is 0.477 e. The summed E-state index contributed by atoms with van der Waals surface area (Å²) in [5, 5.41) is 11.7. The third kappa shape index (κ3) is 4.66. The highest BCUT2D eigenvalue weighted by Crippen LogP contribution is 2.27. The fourth-order valence-corrected chi connectivity index (χ4v) is 3.04. The lowest BCUT2D eigenvalue weighted by atomic mass is 10.1. The number of carbonyl (C=O) groups is 2. The van der Waals surface area contributed by atoms with Crippen LogP contribution in [0.1, 0.15) is 36.1 Å². The normalized spacial score (nSPS) is 11.3. The van der Waals surface area contributed by atoms with E-state index in [9.17, 15) is 9.59 Å². The molecule has 7 heteroatoms. The minimum absolute atomic E-state index is 0.0859. The fourth-order valence-electron chi connectivity index (χ4n) is 1.21. The highest BCUT2D eigenvalue weighted by molar-refractivity contribution is 8.01. The second-order valence-electron chi connectivity index (χ2n) is 4.79. The highest BCUT2D eigenvalue weighted by atomic mass is 32.2. The smallest absolute Gasteiger partial charge is 0.347 e. The number of aromatic carboxylic acids is 1. The second kappa shape index (κ2) is 5.71. The van der Waals surface area contributed by atoms with Crippen molar-refractivity contribution in [2.24, 2.45) is 0 Å². The molecule has 1 aromatic heterocycles. The van der Waals surface area contributed by atoms with E-state index in [0.29, 0.717) is 10.0 Å². The van der Waals surface area contributed by atoms with Gasteiger partial charge >= 0.3 is 5.97 Å². The number of hydrogen-bond donors (Lipinski definition) is 2. The predicted molar refractivity (Wildman–Crippen MR) is 72.4 cm³/mol. The van der Waals surface area contributed by atoms with Crippen LogP contribution in [0.2, 0.25) is 0 Å². The number of rotatable bonds is 4. The number of aryl methyl sites for hydroxylation is 1. The van der Waals surface area contributed by atoms with Crippen molar-refractivity contribution in [3.05, 3.63) is 10.6 Å². The second-order valence-corrected chi connectivity index (χ2v) is 7.01. The van der Waals surface area contributed by atoms with Crippen molar-refractivity contribution in [1.82, 2.24) is 10.3 Å². The first-order chi connectivity index (χ1) is 8.19. The van der Waals surface area contributed by atoms with Crippen LogP contribution in [0.3, 0.4) is 0 Å². The molecule has 1 amide bonds. The Morgan fingerprint density at radius 1 is 1.44 bits per heavy atom. The number of carbonyl (C=O) groups excluding carboxylic acids is 1. The third-order valence-corrected chi connectivity index (χ3v) is 4.10. The molecule has 0 aliphatic carbocycles. The molecule has 18 heavy (non-hydrogen) atoms. The molecule has 1 heterocycles. The van der Waals surface area contributed by atoms with Crippen molar-refractivity contribution in [2.75, 3.05) is 5.75 Å². The predicted octanol–water partition coefficient (Wildman–Crippen LogP) is 2.16. The first-order valence-corrected chi connectivity index (χ1v) is 7.14. The number of aromatic nitrogens is 1. The van der Waals surface area contributed by atoms with E-state index in [1.54, 1.807) is 6.92 Å². The van der Waals surface area contributed by atoms with E-state index in [1.165, 1.54) is 11.8 Å². The van der Waals surface area contributed by atoms with E-state index >= 15 is 0 Å².